The molecule has 114 valence electrons. The van der Waals surface area contributed by atoms with Crippen LogP contribution in [0.15, 0.2) is 23.1 Å². The number of sulfonamides is 1. The lowest BCUT2D eigenvalue weighted by atomic mass is 10.2. The molecule has 0 radical (unpaired) electrons. The van der Waals surface area contributed by atoms with Crippen LogP contribution in [-0.2, 0) is 10.0 Å². The van der Waals surface area contributed by atoms with E-state index >= 15 is 0 Å². The van der Waals surface area contributed by atoms with Crippen LogP contribution < -0.4 is 5.73 Å². The van der Waals surface area contributed by atoms with Gasteiger partial charge in [0.25, 0.3) is 0 Å². The molecule has 0 aromatic heterocycles. The van der Waals surface area contributed by atoms with Crippen molar-refractivity contribution in [2.24, 2.45) is 0 Å². The van der Waals surface area contributed by atoms with E-state index in [2.05, 4.69) is 0 Å². The molecule has 0 aliphatic carbocycles. The van der Waals surface area contributed by atoms with E-state index in [-0.39, 0.29) is 10.6 Å². The second-order valence-corrected chi connectivity index (χ2v) is 6.66. The summed E-state index contributed by atoms with van der Waals surface area (Å²) in [5.41, 5.74) is 6.29. The van der Waals surface area contributed by atoms with Gasteiger partial charge in [-0.25, -0.2) is 8.42 Å². The minimum Gasteiger partial charge on any atom is -0.398 e. The van der Waals surface area contributed by atoms with Gasteiger partial charge in [-0.2, -0.15) is 17.5 Å². The molecule has 0 heterocycles. The fraction of sp³-hybridized carbons (Fsp3) is 0.500. The molecule has 1 aromatic carbocycles. The van der Waals surface area contributed by atoms with Gasteiger partial charge in [0.05, 0.1) is 5.69 Å². The summed E-state index contributed by atoms with van der Waals surface area (Å²) in [5, 5.41) is 0. The number of nitrogens with zero attached hydrogens (tertiary/aromatic N) is 1. The van der Waals surface area contributed by atoms with Gasteiger partial charge in [0.15, 0.2) is 0 Å². The molecule has 0 bridgehead atoms. The highest BCUT2D eigenvalue weighted by Crippen LogP contribution is 2.28. The van der Waals surface area contributed by atoms with Crippen LogP contribution in [0.2, 0.25) is 0 Å². The third kappa shape index (κ3) is 3.86. The Bertz CT molecular complexity index is 583. The van der Waals surface area contributed by atoms with E-state index in [4.69, 9.17) is 5.73 Å². The lowest BCUT2D eigenvalue weighted by Gasteiger charge is -2.27. The van der Waals surface area contributed by atoms with Gasteiger partial charge in [-0.1, -0.05) is 6.07 Å². The molecule has 0 amide bonds. The van der Waals surface area contributed by atoms with Crippen molar-refractivity contribution in [2.75, 3.05) is 12.3 Å². The summed E-state index contributed by atoms with van der Waals surface area (Å²) in [5.74, 6) is 0. The van der Waals surface area contributed by atoms with E-state index in [0.29, 0.717) is 4.31 Å². The van der Waals surface area contributed by atoms with Crippen molar-refractivity contribution in [1.82, 2.24) is 4.31 Å². The van der Waals surface area contributed by atoms with Crippen LogP contribution >= 0.6 is 0 Å². The maximum atomic E-state index is 12.5. The Hall–Kier alpha value is -1.28. The summed E-state index contributed by atoms with van der Waals surface area (Å²) in [6.45, 7) is 2.93. The first-order valence-corrected chi connectivity index (χ1v) is 7.34. The van der Waals surface area contributed by atoms with Crippen molar-refractivity contribution < 1.29 is 21.6 Å². The number of aryl methyl sites for hydroxylation is 1. The first kappa shape index (κ1) is 16.8. The van der Waals surface area contributed by atoms with Crippen molar-refractivity contribution in [1.29, 1.82) is 0 Å². The number of benzene rings is 1. The highest BCUT2D eigenvalue weighted by Gasteiger charge is 2.39. The number of halogens is 3. The predicted octanol–water partition coefficient (Wildman–Crippen LogP) is 2.54. The number of rotatable bonds is 4. The van der Waals surface area contributed by atoms with E-state index in [0.717, 1.165) is 5.56 Å². The van der Waals surface area contributed by atoms with Crippen LogP contribution in [0.3, 0.4) is 0 Å². The second-order valence-electron chi connectivity index (χ2n) is 4.80. The monoisotopic (exact) mass is 310 g/mol. The van der Waals surface area contributed by atoms with E-state index in [1.165, 1.54) is 32.0 Å². The zero-order valence-electron chi connectivity index (χ0n) is 11.4. The van der Waals surface area contributed by atoms with Gasteiger partial charge in [0.2, 0.25) is 10.0 Å². The zero-order valence-corrected chi connectivity index (χ0v) is 12.2. The largest absolute Gasteiger partial charge is 0.402 e. The fourth-order valence-electron chi connectivity index (χ4n) is 1.75. The molecular weight excluding hydrogens is 293 g/mol. The number of nitrogen functional groups attached to an aromatic ring is 1. The highest BCUT2D eigenvalue weighted by atomic mass is 32.2. The molecule has 0 unspecified atom stereocenters. The molecule has 1 aromatic rings. The fourth-order valence-corrected chi connectivity index (χ4v) is 3.47. The van der Waals surface area contributed by atoms with E-state index in [9.17, 15) is 21.6 Å². The van der Waals surface area contributed by atoms with Gasteiger partial charge >= 0.3 is 6.18 Å². The van der Waals surface area contributed by atoms with Gasteiger partial charge in [-0.15, -0.1) is 0 Å². The van der Waals surface area contributed by atoms with E-state index < -0.39 is 28.8 Å². The average molecular weight is 310 g/mol. The summed E-state index contributed by atoms with van der Waals surface area (Å²) >= 11 is 0. The Morgan fingerprint density at radius 1 is 1.30 bits per heavy atom. The van der Waals surface area contributed by atoms with E-state index in [1.54, 1.807) is 6.92 Å². The summed E-state index contributed by atoms with van der Waals surface area (Å²) in [7, 11) is -4.29. The maximum Gasteiger partial charge on any atom is 0.402 e. The third-order valence-electron chi connectivity index (χ3n) is 2.66. The normalized spacial score (nSPS) is 13.2. The Labute approximate surface area is 116 Å². The number of nitrogens with two attached hydrogens (primary N) is 1. The van der Waals surface area contributed by atoms with Crippen molar-refractivity contribution in [3.63, 3.8) is 0 Å². The minimum absolute atomic E-state index is 0.0576. The molecule has 8 heteroatoms. The topological polar surface area (TPSA) is 63.4 Å². The standard InChI is InChI=1S/C12H17F3N2O2S/c1-8(2)17(7-12(13,14)15)20(18,19)11-5-4-9(3)6-10(11)16/h4-6,8H,7,16H2,1-3H3. The molecule has 1 rings (SSSR count). The van der Waals surface area contributed by atoms with Gasteiger partial charge in [0.1, 0.15) is 11.4 Å². The lowest BCUT2D eigenvalue weighted by Crippen LogP contribution is -2.43. The zero-order chi connectivity index (χ0) is 15.7. The lowest BCUT2D eigenvalue weighted by molar-refractivity contribution is -0.138. The average Bonchev–Trinajstić information content (AvgIpc) is 2.23. The highest BCUT2D eigenvalue weighted by molar-refractivity contribution is 7.89. The molecule has 0 fully saturated rings. The van der Waals surface area contributed by atoms with Crippen LogP contribution in [0.5, 0.6) is 0 Å². The van der Waals surface area contributed by atoms with Crippen molar-refractivity contribution in [3.8, 4) is 0 Å². The second kappa shape index (κ2) is 5.61. The number of anilines is 1. The molecule has 0 saturated carbocycles. The first-order valence-electron chi connectivity index (χ1n) is 5.90. The molecule has 0 aliphatic rings. The van der Waals surface area contributed by atoms with Crippen molar-refractivity contribution >= 4 is 15.7 Å². The summed E-state index contributed by atoms with van der Waals surface area (Å²) in [4.78, 5) is -0.305. The number of hydrogen-bond acceptors (Lipinski definition) is 3. The summed E-state index contributed by atoms with van der Waals surface area (Å²) < 4.78 is 62.7. The van der Waals surface area contributed by atoms with E-state index in [1.807, 2.05) is 0 Å². The maximum absolute atomic E-state index is 12.5. The Balaban J connectivity index is 3.30. The molecule has 4 nitrogen and oxygen atoms in total. The summed E-state index contributed by atoms with van der Waals surface area (Å²) in [6.07, 6.45) is -4.61. The van der Waals surface area contributed by atoms with Crippen LogP contribution in [0, 0.1) is 6.92 Å². The Kier molecular flexibility index (Phi) is 4.70. The van der Waals surface area contributed by atoms with Gasteiger partial charge in [0, 0.05) is 6.04 Å². The molecule has 0 atom stereocenters. The molecular formula is C12H17F3N2O2S. The van der Waals surface area contributed by atoms with Crippen molar-refractivity contribution in [2.45, 2.75) is 37.9 Å². The predicted molar refractivity (Wildman–Crippen MR) is 70.7 cm³/mol. The van der Waals surface area contributed by atoms with Gasteiger partial charge in [-0.3, -0.25) is 0 Å². The number of alkyl halides is 3. The quantitative estimate of drug-likeness (QED) is 0.869. The third-order valence-corrected chi connectivity index (χ3v) is 4.76. The Morgan fingerprint density at radius 3 is 2.25 bits per heavy atom. The van der Waals surface area contributed by atoms with Crippen LogP contribution in [-0.4, -0.2) is 31.5 Å². The van der Waals surface area contributed by atoms with Crippen LogP contribution in [0.25, 0.3) is 0 Å². The molecule has 0 saturated heterocycles. The summed E-state index contributed by atoms with van der Waals surface area (Å²) in [6, 6.07) is 3.31. The number of hydrogen-bond donors (Lipinski definition) is 1. The van der Waals surface area contributed by atoms with Crippen molar-refractivity contribution in [3.05, 3.63) is 23.8 Å². The minimum atomic E-state index is -4.61. The van der Waals surface area contributed by atoms with Crippen LogP contribution in [0.1, 0.15) is 19.4 Å². The first-order chi connectivity index (χ1) is 8.95. The Morgan fingerprint density at radius 2 is 1.85 bits per heavy atom. The van der Waals surface area contributed by atoms with Gasteiger partial charge in [-0.05, 0) is 38.5 Å². The SMILES string of the molecule is Cc1ccc(S(=O)(=O)N(CC(F)(F)F)C(C)C)c(N)c1. The smallest absolute Gasteiger partial charge is 0.398 e. The van der Waals surface area contributed by atoms with Gasteiger partial charge < -0.3 is 5.73 Å². The molecule has 0 spiro atoms. The molecule has 2 N–H and O–H groups in total. The molecule has 20 heavy (non-hydrogen) atoms. The molecule has 0 aliphatic heterocycles. The van der Waals surface area contributed by atoms with Crippen LogP contribution in [0.4, 0.5) is 18.9 Å².